The monoisotopic (exact) mass is 220 g/mol. The van der Waals surface area contributed by atoms with Crippen LogP contribution in [0.5, 0.6) is 0 Å². The molecule has 0 spiro atoms. The van der Waals surface area contributed by atoms with Gasteiger partial charge in [-0.3, -0.25) is 0 Å². The van der Waals surface area contributed by atoms with Crippen molar-refractivity contribution < 1.29 is 5.11 Å². The summed E-state index contributed by atoms with van der Waals surface area (Å²) in [5, 5.41) is 10.3. The topological polar surface area (TPSA) is 49.5 Å². The Balaban J connectivity index is 2.02. The van der Waals surface area contributed by atoms with Crippen LogP contribution in [0, 0.1) is 0 Å². The van der Waals surface area contributed by atoms with Crippen molar-refractivity contribution in [2.45, 2.75) is 31.3 Å². The van der Waals surface area contributed by atoms with Crippen molar-refractivity contribution in [1.29, 1.82) is 0 Å². The summed E-state index contributed by atoms with van der Waals surface area (Å²) in [5.41, 5.74) is 7.04. The van der Waals surface area contributed by atoms with E-state index in [1.54, 1.807) is 0 Å². The lowest BCUT2D eigenvalue weighted by molar-refractivity contribution is 0.0559. The molecular weight excluding hydrogens is 200 g/mol. The molecule has 88 valence electrons. The fourth-order valence-electron chi connectivity index (χ4n) is 2.45. The molecule has 1 aromatic rings. The predicted octanol–water partition coefficient (Wildman–Crippen LogP) is 2.01. The normalized spacial score (nSPS) is 18.6. The van der Waals surface area contributed by atoms with Gasteiger partial charge in [0, 0.05) is 25.0 Å². The van der Waals surface area contributed by atoms with Gasteiger partial charge in [0.1, 0.15) is 0 Å². The molecule has 0 amide bonds. The van der Waals surface area contributed by atoms with Crippen molar-refractivity contribution in [3.05, 3.63) is 24.3 Å². The van der Waals surface area contributed by atoms with E-state index in [4.69, 9.17) is 5.73 Å². The van der Waals surface area contributed by atoms with Crippen LogP contribution in [-0.4, -0.2) is 24.3 Å². The molecule has 16 heavy (non-hydrogen) atoms. The van der Waals surface area contributed by atoms with E-state index >= 15 is 0 Å². The van der Waals surface area contributed by atoms with Crippen molar-refractivity contribution in [3.63, 3.8) is 0 Å². The lowest BCUT2D eigenvalue weighted by Gasteiger charge is -2.30. The first-order valence-electron chi connectivity index (χ1n) is 5.88. The summed E-state index contributed by atoms with van der Waals surface area (Å²) in [5.74, 6) is 0. The van der Waals surface area contributed by atoms with Crippen LogP contribution in [0.2, 0.25) is 0 Å². The van der Waals surface area contributed by atoms with Crippen molar-refractivity contribution in [1.82, 2.24) is 0 Å². The molecule has 3 heteroatoms. The smallest absolute Gasteiger partial charge is 0.0821 e. The average Bonchev–Trinajstić information content (AvgIpc) is 2.65. The van der Waals surface area contributed by atoms with E-state index in [9.17, 15) is 5.11 Å². The van der Waals surface area contributed by atoms with E-state index in [-0.39, 0.29) is 0 Å². The first-order chi connectivity index (χ1) is 7.59. The van der Waals surface area contributed by atoms with Crippen LogP contribution in [-0.2, 0) is 0 Å². The summed E-state index contributed by atoms with van der Waals surface area (Å²) in [6.45, 7) is 0.705. The molecule has 1 saturated carbocycles. The number of hydrogen-bond acceptors (Lipinski definition) is 3. The fraction of sp³-hybridized carbons (Fsp3) is 0.538. The Morgan fingerprint density at radius 3 is 2.38 bits per heavy atom. The van der Waals surface area contributed by atoms with Gasteiger partial charge in [0.2, 0.25) is 0 Å². The van der Waals surface area contributed by atoms with Crippen LogP contribution in [0.15, 0.2) is 24.3 Å². The summed E-state index contributed by atoms with van der Waals surface area (Å²) >= 11 is 0. The van der Waals surface area contributed by atoms with Gasteiger partial charge in [-0.1, -0.05) is 12.8 Å². The summed E-state index contributed by atoms with van der Waals surface area (Å²) in [6.07, 6.45) is 4.14. The zero-order valence-electron chi connectivity index (χ0n) is 9.82. The van der Waals surface area contributed by atoms with Gasteiger partial charge in [-0.2, -0.15) is 0 Å². The number of benzene rings is 1. The minimum absolute atomic E-state index is 0.490. The standard InChI is InChI=1S/C13H20N2O/c1-15(10-13(16)8-2-3-9-13)12-6-4-11(14)5-7-12/h4-7,16H,2-3,8-10,14H2,1H3. The summed E-state index contributed by atoms with van der Waals surface area (Å²) < 4.78 is 0. The van der Waals surface area contributed by atoms with Crippen molar-refractivity contribution in [2.75, 3.05) is 24.2 Å². The fourth-order valence-corrected chi connectivity index (χ4v) is 2.45. The van der Waals surface area contributed by atoms with Crippen LogP contribution >= 0.6 is 0 Å². The van der Waals surface area contributed by atoms with Gasteiger partial charge >= 0.3 is 0 Å². The number of nitrogens with zero attached hydrogens (tertiary/aromatic N) is 1. The molecule has 0 aliphatic heterocycles. The Morgan fingerprint density at radius 1 is 1.25 bits per heavy atom. The first kappa shape index (κ1) is 11.3. The third-order valence-corrected chi connectivity index (χ3v) is 3.40. The SMILES string of the molecule is CN(CC1(O)CCCC1)c1ccc(N)cc1. The summed E-state index contributed by atoms with van der Waals surface area (Å²) in [7, 11) is 2.02. The molecule has 3 nitrogen and oxygen atoms in total. The highest BCUT2D eigenvalue weighted by molar-refractivity contribution is 5.52. The molecule has 1 aliphatic rings. The Labute approximate surface area is 96.9 Å². The highest BCUT2D eigenvalue weighted by atomic mass is 16.3. The van der Waals surface area contributed by atoms with E-state index in [1.165, 1.54) is 0 Å². The minimum Gasteiger partial charge on any atom is -0.399 e. The van der Waals surface area contributed by atoms with Gasteiger partial charge in [-0.15, -0.1) is 0 Å². The Morgan fingerprint density at radius 2 is 1.81 bits per heavy atom. The van der Waals surface area contributed by atoms with Crippen molar-refractivity contribution in [3.8, 4) is 0 Å². The maximum absolute atomic E-state index is 10.3. The largest absolute Gasteiger partial charge is 0.399 e. The molecule has 0 aromatic heterocycles. The number of nitrogens with two attached hydrogens (primary N) is 1. The maximum atomic E-state index is 10.3. The highest BCUT2D eigenvalue weighted by Gasteiger charge is 2.32. The number of hydrogen-bond donors (Lipinski definition) is 2. The second kappa shape index (κ2) is 4.34. The molecule has 0 atom stereocenters. The molecule has 3 N–H and O–H groups in total. The van der Waals surface area contributed by atoms with E-state index in [0.717, 1.165) is 37.1 Å². The quantitative estimate of drug-likeness (QED) is 0.766. The van der Waals surface area contributed by atoms with E-state index in [1.807, 2.05) is 31.3 Å². The second-order valence-corrected chi connectivity index (χ2v) is 4.88. The molecule has 0 radical (unpaired) electrons. The van der Waals surface area contributed by atoms with Gasteiger partial charge < -0.3 is 15.7 Å². The average molecular weight is 220 g/mol. The van der Waals surface area contributed by atoms with Crippen LogP contribution < -0.4 is 10.6 Å². The Hall–Kier alpha value is -1.22. The molecule has 0 heterocycles. The highest BCUT2D eigenvalue weighted by Crippen LogP contribution is 2.31. The van der Waals surface area contributed by atoms with Crippen LogP contribution in [0.3, 0.4) is 0 Å². The first-order valence-corrected chi connectivity index (χ1v) is 5.88. The molecule has 0 saturated heterocycles. The lowest BCUT2D eigenvalue weighted by Crippen LogP contribution is -2.39. The third-order valence-electron chi connectivity index (χ3n) is 3.40. The summed E-state index contributed by atoms with van der Waals surface area (Å²) in [6, 6.07) is 7.77. The Kier molecular flexibility index (Phi) is 3.06. The van der Waals surface area contributed by atoms with Gasteiger partial charge in [-0.25, -0.2) is 0 Å². The molecular formula is C13H20N2O. The Bertz CT molecular complexity index is 341. The van der Waals surface area contributed by atoms with Crippen LogP contribution in [0.1, 0.15) is 25.7 Å². The maximum Gasteiger partial charge on any atom is 0.0821 e. The van der Waals surface area contributed by atoms with Gasteiger partial charge in [-0.05, 0) is 37.1 Å². The number of anilines is 2. The number of nitrogen functional groups attached to an aromatic ring is 1. The van der Waals surface area contributed by atoms with Crippen molar-refractivity contribution >= 4 is 11.4 Å². The molecule has 1 fully saturated rings. The minimum atomic E-state index is -0.490. The zero-order chi connectivity index (χ0) is 11.6. The second-order valence-electron chi connectivity index (χ2n) is 4.88. The van der Waals surface area contributed by atoms with E-state index in [2.05, 4.69) is 4.90 Å². The van der Waals surface area contributed by atoms with Gasteiger partial charge in [0.15, 0.2) is 0 Å². The van der Waals surface area contributed by atoms with Crippen molar-refractivity contribution in [2.24, 2.45) is 0 Å². The number of aliphatic hydroxyl groups is 1. The molecule has 0 bridgehead atoms. The van der Waals surface area contributed by atoms with Crippen LogP contribution in [0.25, 0.3) is 0 Å². The molecule has 0 unspecified atom stereocenters. The van der Waals surface area contributed by atoms with E-state index < -0.39 is 5.60 Å². The predicted molar refractivity (Wildman–Crippen MR) is 67.5 cm³/mol. The van der Waals surface area contributed by atoms with E-state index in [0.29, 0.717) is 6.54 Å². The zero-order valence-corrected chi connectivity index (χ0v) is 9.82. The lowest BCUT2D eigenvalue weighted by atomic mass is 10.0. The number of rotatable bonds is 3. The van der Waals surface area contributed by atoms with Crippen LogP contribution in [0.4, 0.5) is 11.4 Å². The summed E-state index contributed by atoms with van der Waals surface area (Å²) in [4.78, 5) is 2.10. The van der Waals surface area contributed by atoms with Gasteiger partial charge in [0.25, 0.3) is 0 Å². The van der Waals surface area contributed by atoms with Gasteiger partial charge in [0.05, 0.1) is 5.60 Å². The number of likely N-dealkylation sites (N-methyl/N-ethyl adjacent to an activating group) is 1. The molecule has 2 rings (SSSR count). The molecule has 1 aromatic carbocycles. The third kappa shape index (κ3) is 2.47. The molecule has 1 aliphatic carbocycles.